The summed E-state index contributed by atoms with van der Waals surface area (Å²) < 4.78 is 11.5. The molecule has 0 aliphatic heterocycles. The SMILES string of the molecule is CCCCCCCCCCCCOCC(O)COc1ccc(-c2cc(-c3ccc(C)cc3C)nc(-c3ccc(C)cc3C)n2)c(O)c1. The molecule has 0 saturated carbocycles. The normalized spacial score (nSPS) is 12.0. The van der Waals surface area contributed by atoms with E-state index < -0.39 is 6.10 Å². The molecule has 47 heavy (non-hydrogen) atoms. The first-order valence-electron chi connectivity index (χ1n) is 17.5. The number of aryl methyl sites for hydroxylation is 4. The van der Waals surface area contributed by atoms with Crippen LogP contribution in [0.1, 0.15) is 93.4 Å². The van der Waals surface area contributed by atoms with E-state index in [0.717, 1.165) is 40.8 Å². The van der Waals surface area contributed by atoms with Crippen LogP contribution >= 0.6 is 0 Å². The van der Waals surface area contributed by atoms with Crippen molar-refractivity contribution < 1.29 is 19.7 Å². The molecule has 1 atom stereocenters. The minimum atomic E-state index is -0.748. The first-order valence-corrected chi connectivity index (χ1v) is 17.5. The van der Waals surface area contributed by atoms with Crippen LogP contribution in [0.3, 0.4) is 0 Å². The number of aromatic hydroxyl groups is 1. The van der Waals surface area contributed by atoms with Crippen molar-refractivity contribution in [1.29, 1.82) is 0 Å². The third-order valence-corrected chi connectivity index (χ3v) is 8.65. The predicted octanol–water partition coefficient (Wildman–Crippen LogP) is 10.1. The Morgan fingerprint density at radius 1 is 0.617 bits per heavy atom. The summed E-state index contributed by atoms with van der Waals surface area (Å²) in [6, 6.07) is 19.7. The highest BCUT2D eigenvalue weighted by atomic mass is 16.5. The molecule has 1 unspecified atom stereocenters. The van der Waals surface area contributed by atoms with Crippen LogP contribution in [0.4, 0.5) is 0 Å². The third kappa shape index (κ3) is 11.2. The highest BCUT2D eigenvalue weighted by molar-refractivity contribution is 5.76. The van der Waals surface area contributed by atoms with Crippen molar-refractivity contribution in [3.8, 4) is 45.4 Å². The zero-order valence-electron chi connectivity index (χ0n) is 29.1. The smallest absolute Gasteiger partial charge is 0.160 e. The van der Waals surface area contributed by atoms with Crippen LogP contribution in [0.5, 0.6) is 11.5 Å². The van der Waals surface area contributed by atoms with Crippen molar-refractivity contribution in [1.82, 2.24) is 9.97 Å². The summed E-state index contributed by atoms with van der Waals surface area (Å²) in [6.07, 6.45) is 12.1. The number of rotatable bonds is 19. The van der Waals surface area contributed by atoms with Gasteiger partial charge in [-0.1, -0.05) is 112 Å². The Kier molecular flexibility index (Phi) is 14.3. The van der Waals surface area contributed by atoms with Crippen LogP contribution in [0.25, 0.3) is 33.9 Å². The Labute approximate surface area is 282 Å². The molecule has 4 rings (SSSR count). The molecule has 0 spiro atoms. The van der Waals surface area contributed by atoms with E-state index in [1.807, 2.05) is 6.07 Å². The van der Waals surface area contributed by atoms with Crippen LogP contribution in [-0.4, -0.2) is 46.1 Å². The maximum Gasteiger partial charge on any atom is 0.160 e. The van der Waals surface area contributed by atoms with Crippen LogP contribution in [-0.2, 0) is 4.74 Å². The van der Waals surface area contributed by atoms with Crippen molar-refractivity contribution >= 4 is 0 Å². The molecule has 0 amide bonds. The summed E-state index contributed by atoms with van der Waals surface area (Å²) in [6.45, 7) is 11.5. The number of ether oxygens (including phenoxy) is 2. The summed E-state index contributed by atoms with van der Waals surface area (Å²) in [7, 11) is 0. The van der Waals surface area contributed by atoms with Gasteiger partial charge in [0.15, 0.2) is 5.82 Å². The fraction of sp³-hybridized carbons (Fsp3) is 0.463. The fourth-order valence-corrected chi connectivity index (χ4v) is 5.98. The molecular weight excluding hydrogens is 584 g/mol. The van der Waals surface area contributed by atoms with Gasteiger partial charge in [0, 0.05) is 29.4 Å². The zero-order chi connectivity index (χ0) is 33.6. The fourth-order valence-electron chi connectivity index (χ4n) is 5.98. The van der Waals surface area contributed by atoms with Crippen LogP contribution in [0.2, 0.25) is 0 Å². The van der Waals surface area contributed by atoms with E-state index in [2.05, 4.69) is 71.0 Å². The van der Waals surface area contributed by atoms with Gasteiger partial charge < -0.3 is 19.7 Å². The molecular formula is C41H54N2O4. The maximum atomic E-state index is 11.1. The van der Waals surface area contributed by atoms with Crippen molar-refractivity contribution in [3.63, 3.8) is 0 Å². The predicted molar refractivity (Wildman–Crippen MR) is 193 cm³/mol. The van der Waals surface area contributed by atoms with E-state index in [1.54, 1.807) is 18.2 Å². The van der Waals surface area contributed by atoms with Crippen LogP contribution in [0, 0.1) is 27.7 Å². The molecule has 4 aromatic rings. The first-order chi connectivity index (χ1) is 22.7. The minimum Gasteiger partial charge on any atom is -0.507 e. The standard InChI is InChI=1S/C41H54N2O4/c1-6-7-8-9-10-11-12-13-14-15-22-46-27-33(44)28-47-34-18-21-37(40(45)25-34)39-26-38(35-19-16-29(2)23-31(35)4)42-41(43-39)36-20-17-30(3)24-32(36)5/h16-21,23-26,33,44-45H,6-15,22,27-28H2,1-5H3. The average Bonchev–Trinajstić information content (AvgIpc) is 3.04. The van der Waals surface area contributed by atoms with Gasteiger partial charge in [-0.15, -0.1) is 0 Å². The molecule has 0 aliphatic carbocycles. The molecule has 0 fully saturated rings. The first kappa shape index (κ1) is 36.1. The van der Waals surface area contributed by atoms with Gasteiger partial charge in [0.05, 0.1) is 18.0 Å². The van der Waals surface area contributed by atoms with E-state index in [4.69, 9.17) is 19.4 Å². The number of phenolic OH excluding ortho intramolecular Hbond substituents is 1. The van der Waals surface area contributed by atoms with Gasteiger partial charge in [0.2, 0.25) is 0 Å². The Balaban J connectivity index is 1.35. The van der Waals surface area contributed by atoms with Crippen LogP contribution in [0.15, 0.2) is 60.7 Å². The number of phenols is 1. The van der Waals surface area contributed by atoms with E-state index >= 15 is 0 Å². The molecule has 0 bridgehead atoms. The van der Waals surface area contributed by atoms with Crippen molar-refractivity contribution in [2.45, 2.75) is 105 Å². The maximum absolute atomic E-state index is 11.1. The second-order valence-electron chi connectivity index (χ2n) is 13.0. The van der Waals surface area contributed by atoms with E-state index in [9.17, 15) is 10.2 Å². The number of benzene rings is 3. The topological polar surface area (TPSA) is 84.7 Å². The highest BCUT2D eigenvalue weighted by Crippen LogP contribution is 2.36. The van der Waals surface area contributed by atoms with Crippen LogP contribution < -0.4 is 4.74 Å². The summed E-state index contributed by atoms with van der Waals surface area (Å²) in [5.41, 5.74) is 8.55. The van der Waals surface area contributed by atoms with Gasteiger partial charge in [-0.3, -0.25) is 0 Å². The molecule has 0 saturated heterocycles. The number of hydrogen-bond acceptors (Lipinski definition) is 6. The van der Waals surface area contributed by atoms with Gasteiger partial charge in [0.25, 0.3) is 0 Å². The molecule has 252 valence electrons. The third-order valence-electron chi connectivity index (χ3n) is 8.65. The van der Waals surface area contributed by atoms with Gasteiger partial charge in [-0.2, -0.15) is 0 Å². The number of aliphatic hydroxyl groups excluding tert-OH is 1. The molecule has 0 aliphatic rings. The molecule has 3 aromatic carbocycles. The lowest BCUT2D eigenvalue weighted by molar-refractivity contribution is 0.0109. The molecule has 6 nitrogen and oxygen atoms in total. The number of hydrogen-bond donors (Lipinski definition) is 2. The van der Waals surface area contributed by atoms with E-state index in [1.165, 1.54) is 62.5 Å². The summed E-state index contributed by atoms with van der Waals surface area (Å²) in [4.78, 5) is 9.90. The van der Waals surface area contributed by atoms with Gasteiger partial charge in [-0.05, 0) is 63.4 Å². The largest absolute Gasteiger partial charge is 0.507 e. The zero-order valence-corrected chi connectivity index (χ0v) is 29.1. The number of aromatic nitrogens is 2. The Morgan fingerprint density at radius 3 is 1.77 bits per heavy atom. The number of unbranched alkanes of at least 4 members (excludes halogenated alkanes) is 9. The summed E-state index contributed by atoms with van der Waals surface area (Å²) in [5, 5.41) is 21.5. The molecule has 1 aromatic heterocycles. The molecule has 1 heterocycles. The van der Waals surface area contributed by atoms with Crippen molar-refractivity contribution in [2.75, 3.05) is 19.8 Å². The van der Waals surface area contributed by atoms with Gasteiger partial charge in [0.1, 0.15) is 24.2 Å². The highest BCUT2D eigenvalue weighted by Gasteiger charge is 2.16. The lowest BCUT2D eigenvalue weighted by atomic mass is 10.00. The molecule has 0 radical (unpaired) electrons. The summed E-state index contributed by atoms with van der Waals surface area (Å²) in [5.74, 6) is 1.12. The second-order valence-corrected chi connectivity index (χ2v) is 13.0. The minimum absolute atomic E-state index is 0.0473. The van der Waals surface area contributed by atoms with Crippen molar-refractivity contribution in [3.05, 3.63) is 82.9 Å². The number of nitrogens with zero attached hydrogens (tertiary/aromatic N) is 2. The Morgan fingerprint density at radius 2 is 1.17 bits per heavy atom. The lowest BCUT2D eigenvalue weighted by Gasteiger charge is -2.15. The monoisotopic (exact) mass is 638 g/mol. The number of aliphatic hydroxyl groups is 1. The van der Waals surface area contributed by atoms with Gasteiger partial charge >= 0.3 is 0 Å². The van der Waals surface area contributed by atoms with Crippen molar-refractivity contribution in [2.24, 2.45) is 0 Å². The molecule has 2 N–H and O–H groups in total. The Hall–Kier alpha value is -3.74. The second kappa shape index (κ2) is 18.6. The quantitative estimate of drug-likeness (QED) is 0.0995. The van der Waals surface area contributed by atoms with E-state index in [0.29, 0.717) is 29.4 Å². The lowest BCUT2D eigenvalue weighted by Crippen LogP contribution is -2.23. The van der Waals surface area contributed by atoms with E-state index in [-0.39, 0.29) is 19.0 Å². The average molecular weight is 639 g/mol. The van der Waals surface area contributed by atoms with Gasteiger partial charge in [-0.25, -0.2) is 9.97 Å². The summed E-state index contributed by atoms with van der Waals surface area (Å²) >= 11 is 0. The Bertz CT molecular complexity index is 1500. The molecule has 6 heteroatoms.